The lowest BCUT2D eigenvalue weighted by atomic mass is 10.1. The summed E-state index contributed by atoms with van der Waals surface area (Å²) in [5, 5.41) is 2.69. The number of benzene rings is 1. The smallest absolute Gasteiger partial charge is 0.412 e. The first-order valence-electron chi connectivity index (χ1n) is 6.49. The van der Waals surface area contributed by atoms with E-state index in [0.717, 1.165) is 12.1 Å². The van der Waals surface area contributed by atoms with E-state index < -0.39 is 11.7 Å². The number of ether oxygens (including phenoxy) is 1. The zero-order chi connectivity index (χ0) is 14.2. The molecule has 3 nitrogen and oxygen atoms in total. The summed E-state index contributed by atoms with van der Waals surface area (Å²) in [6.07, 6.45) is 0.573. The van der Waals surface area contributed by atoms with Gasteiger partial charge in [0.1, 0.15) is 5.60 Å². The van der Waals surface area contributed by atoms with Crippen molar-refractivity contribution in [1.82, 2.24) is 0 Å². The average molecular weight is 251 g/mol. The summed E-state index contributed by atoms with van der Waals surface area (Å²) in [6, 6.07) is 7.74. The molecule has 0 bridgehead atoms. The van der Waals surface area contributed by atoms with Gasteiger partial charge in [-0.3, -0.25) is 5.32 Å². The molecule has 1 rings (SSSR count). The number of hydrogen-bond acceptors (Lipinski definition) is 2. The van der Waals surface area contributed by atoms with Crippen LogP contribution < -0.4 is 5.32 Å². The van der Waals surface area contributed by atoms with Crippen LogP contribution in [0.25, 0.3) is 0 Å². The summed E-state index contributed by atoms with van der Waals surface area (Å²) in [4.78, 5) is 11.4. The Kier molecular flexibility index (Phi) is 7.10. The minimum atomic E-state index is -0.465. The zero-order valence-electron chi connectivity index (χ0n) is 12.3. The number of amides is 1. The van der Waals surface area contributed by atoms with Crippen LogP contribution >= 0.6 is 0 Å². The predicted molar refractivity (Wildman–Crippen MR) is 77.0 cm³/mol. The molecule has 0 unspecified atom stereocenters. The van der Waals surface area contributed by atoms with Gasteiger partial charge in [0.2, 0.25) is 0 Å². The average Bonchev–Trinajstić information content (AvgIpc) is 2.30. The Labute approximate surface area is 111 Å². The van der Waals surface area contributed by atoms with Crippen LogP contribution in [0.1, 0.15) is 47.1 Å². The number of nitrogens with one attached hydrogen (secondary N) is 1. The van der Waals surface area contributed by atoms with Crippen LogP contribution in [0.15, 0.2) is 24.3 Å². The normalized spacial score (nSPS) is 10.1. The second-order valence-corrected chi connectivity index (χ2v) is 4.68. The van der Waals surface area contributed by atoms with Gasteiger partial charge < -0.3 is 4.74 Å². The molecule has 1 N–H and O–H groups in total. The van der Waals surface area contributed by atoms with Gasteiger partial charge in [-0.25, -0.2) is 4.79 Å². The summed E-state index contributed by atoms with van der Waals surface area (Å²) in [5.74, 6) is 0. The van der Waals surface area contributed by atoms with E-state index in [1.165, 1.54) is 5.56 Å². The molecule has 1 aromatic carbocycles. The van der Waals surface area contributed by atoms with Crippen molar-refractivity contribution in [1.29, 1.82) is 0 Å². The monoisotopic (exact) mass is 251 g/mol. The second kappa shape index (κ2) is 7.75. The summed E-state index contributed by atoms with van der Waals surface area (Å²) < 4.78 is 5.15. The molecule has 0 saturated heterocycles. The van der Waals surface area contributed by atoms with Crippen molar-refractivity contribution in [2.24, 2.45) is 0 Å². The fourth-order valence-corrected chi connectivity index (χ4v) is 1.25. The maximum Gasteiger partial charge on any atom is 0.412 e. The van der Waals surface area contributed by atoms with Gasteiger partial charge >= 0.3 is 6.09 Å². The SMILES string of the molecule is CC.CCc1ccc(NC(=O)OC(C)(C)C)cc1. The maximum atomic E-state index is 11.4. The molecule has 1 amide bonds. The highest BCUT2D eigenvalue weighted by atomic mass is 16.6. The molecule has 0 aliphatic carbocycles. The summed E-state index contributed by atoms with van der Waals surface area (Å²) in [6.45, 7) is 11.6. The molecule has 0 saturated carbocycles. The van der Waals surface area contributed by atoms with E-state index in [2.05, 4.69) is 12.2 Å². The largest absolute Gasteiger partial charge is 0.444 e. The van der Waals surface area contributed by atoms with E-state index in [0.29, 0.717) is 0 Å². The van der Waals surface area contributed by atoms with E-state index >= 15 is 0 Å². The van der Waals surface area contributed by atoms with Gasteiger partial charge in [0.15, 0.2) is 0 Å². The molecule has 1 aromatic rings. The highest BCUT2D eigenvalue weighted by molar-refractivity contribution is 5.84. The highest BCUT2D eigenvalue weighted by Crippen LogP contribution is 2.12. The van der Waals surface area contributed by atoms with Crippen LogP contribution in [-0.2, 0) is 11.2 Å². The predicted octanol–water partition coefficient (Wildman–Crippen LogP) is 4.62. The summed E-state index contributed by atoms with van der Waals surface area (Å²) >= 11 is 0. The van der Waals surface area contributed by atoms with Crippen molar-refractivity contribution < 1.29 is 9.53 Å². The van der Waals surface area contributed by atoms with Gasteiger partial charge in [0.25, 0.3) is 0 Å². The Morgan fingerprint density at radius 1 is 1.17 bits per heavy atom. The number of carbonyl (C=O) groups is 1. The summed E-state index contributed by atoms with van der Waals surface area (Å²) in [5.41, 5.74) is 1.54. The first-order valence-corrected chi connectivity index (χ1v) is 6.49. The number of carbonyl (C=O) groups excluding carboxylic acids is 1. The van der Waals surface area contributed by atoms with Crippen molar-refractivity contribution in [3.8, 4) is 0 Å². The van der Waals surface area contributed by atoms with Crippen LogP contribution in [-0.4, -0.2) is 11.7 Å². The lowest BCUT2D eigenvalue weighted by molar-refractivity contribution is 0.0636. The van der Waals surface area contributed by atoms with Crippen LogP contribution in [0, 0.1) is 0 Å². The molecular weight excluding hydrogens is 226 g/mol. The molecule has 0 aliphatic rings. The second-order valence-electron chi connectivity index (χ2n) is 4.68. The third kappa shape index (κ3) is 6.94. The standard InChI is InChI=1S/C13H19NO2.C2H6/c1-5-10-6-8-11(9-7-10)14-12(15)16-13(2,3)4;1-2/h6-9H,5H2,1-4H3,(H,14,15);1-2H3. The van der Waals surface area contributed by atoms with Crippen molar-refractivity contribution in [2.75, 3.05) is 5.32 Å². The minimum Gasteiger partial charge on any atom is -0.444 e. The van der Waals surface area contributed by atoms with Crippen molar-refractivity contribution >= 4 is 11.8 Å². The maximum absolute atomic E-state index is 11.4. The fourth-order valence-electron chi connectivity index (χ4n) is 1.25. The van der Waals surface area contributed by atoms with Gasteiger partial charge in [0, 0.05) is 5.69 Å². The topological polar surface area (TPSA) is 38.3 Å². The van der Waals surface area contributed by atoms with E-state index in [4.69, 9.17) is 4.74 Å². The molecule has 0 aliphatic heterocycles. The Bertz CT molecular complexity index is 350. The lowest BCUT2D eigenvalue weighted by Crippen LogP contribution is -2.27. The van der Waals surface area contributed by atoms with Crippen LogP contribution in [0.2, 0.25) is 0 Å². The molecular formula is C15H25NO2. The molecule has 0 spiro atoms. The van der Waals surface area contributed by atoms with Crippen LogP contribution in [0.3, 0.4) is 0 Å². The van der Waals surface area contributed by atoms with E-state index in [-0.39, 0.29) is 0 Å². The molecule has 0 heterocycles. The fraction of sp³-hybridized carbons (Fsp3) is 0.533. The van der Waals surface area contributed by atoms with Gasteiger partial charge in [-0.05, 0) is 44.9 Å². The van der Waals surface area contributed by atoms with E-state index in [1.807, 2.05) is 58.9 Å². The zero-order valence-corrected chi connectivity index (χ0v) is 12.3. The number of anilines is 1. The molecule has 0 aromatic heterocycles. The third-order valence-electron chi connectivity index (χ3n) is 2.01. The van der Waals surface area contributed by atoms with E-state index in [9.17, 15) is 4.79 Å². The van der Waals surface area contributed by atoms with Crippen molar-refractivity contribution in [2.45, 2.75) is 53.6 Å². The quantitative estimate of drug-likeness (QED) is 0.832. The first kappa shape index (κ1) is 16.5. The van der Waals surface area contributed by atoms with Gasteiger partial charge in [-0.1, -0.05) is 32.9 Å². The number of rotatable bonds is 2. The van der Waals surface area contributed by atoms with Crippen LogP contribution in [0.4, 0.5) is 10.5 Å². The van der Waals surface area contributed by atoms with Gasteiger partial charge in [-0.15, -0.1) is 0 Å². The Balaban J connectivity index is 0.00000137. The van der Waals surface area contributed by atoms with Crippen LogP contribution in [0.5, 0.6) is 0 Å². The molecule has 3 heteroatoms. The van der Waals surface area contributed by atoms with Crippen molar-refractivity contribution in [3.63, 3.8) is 0 Å². The minimum absolute atomic E-state index is 0.420. The number of aryl methyl sites for hydroxylation is 1. The van der Waals surface area contributed by atoms with Gasteiger partial charge in [0.05, 0.1) is 0 Å². The molecule has 0 atom stereocenters. The number of hydrogen-bond donors (Lipinski definition) is 1. The first-order chi connectivity index (χ1) is 8.40. The van der Waals surface area contributed by atoms with E-state index in [1.54, 1.807) is 0 Å². The molecule has 102 valence electrons. The third-order valence-corrected chi connectivity index (χ3v) is 2.01. The lowest BCUT2D eigenvalue weighted by Gasteiger charge is -2.19. The highest BCUT2D eigenvalue weighted by Gasteiger charge is 2.15. The Morgan fingerprint density at radius 2 is 1.67 bits per heavy atom. The Hall–Kier alpha value is -1.51. The van der Waals surface area contributed by atoms with Gasteiger partial charge in [-0.2, -0.15) is 0 Å². The van der Waals surface area contributed by atoms with Crippen molar-refractivity contribution in [3.05, 3.63) is 29.8 Å². The summed E-state index contributed by atoms with van der Waals surface area (Å²) in [7, 11) is 0. The molecule has 0 fully saturated rings. The molecule has 18 heavy (non-hydrogen) atoms. The Morgan fingerprint density at radius 3 is 2.06 bits per heavy atom. The molecule has 0 radical (unpaired) electrons.